The fraction of sp³-hybridized carbons (Fsp3) is 0.0909. The number of hydrogen-bond donors (Lipinski definition) is 1. The lowest BCUT2D eigenvalue weighted by atomic mass is 10.2. The van der Waals surface area contributed by atoms with Crippen LogP contribution in [0.3, 0.4) is 0 Å². The molecule has 0 unspecified atom stereocenters. The second-order valence-electron chi connectivity index (χ2n) is 6.47. The maximum Gasteiger partial charge on any atom is 0.283 e. The van der Waals surface area contributed by atoms with Crippen molar-refractivity contribution >= 4 is 23.0 Å². The Balaban J connectivity index is 1.55. The first-order chi connectivity index (χ1) is 15.1. The first-order valence-corrected chi connectivity index (χ1v) is 9.32. The molecule has 1 amide bonds. The normalized spacial score (nSPS) is 11.0. The zero-order valence-electron chi connectivity index (χ0n) is 16.9. The Morgan fingerprint density at radius 3 is 2.58 bits per heavy atom. The monoisotopic (exact) mass is 417 g/mol. The van der Waals surface area contributed by atoms with Crippen LogP contribution < -0.4 is 20.5 Å². The number of rotatable bonds is 6. The molecule has 2 heterocycles. The van der Waals surface area contributed by atoms with E-state index in [0.717, 1.165) is 15.9 Å². The molecule has 0 aliphatic heterocycles. The number of aromatic nitrogens is 4. The van der Waals surface area contributed by atoms with Crippen molar-refractivity contribution in [1.29, 1.82) is 0 Å². The smallest absolute Gasteiger partial charge is 0.283 e. The molecule has 0 aliphatic carbocycles. The molecular weight excluding hydrogens is 398 g/mol. The number of fused-ring (bicyclic) bond motifs is 1. The number of para-hydroxylation sites is 1. The molecule has 0 aliphatic rings. The van der Waals surface area contributed by atoms with Gasteiger partial charge in [-0.05, 0) is 35.9 Å². The zero-order chi connectivity index (χ0) is 21.8. The first kappa shape index (κ1) is 19.9. The quantitative estimate of drug-likeness (QED) is 0.484. The first-order valence-electron chi connectivity index (χ1n) is 9.32. The number of hydrogen-bond acceptors (Lipinski definition) is 6. The molecule has 0 atom stereocenters. The van der Waals surface area contributed by atoms with Crippen molar-refractivity contribution in [3.05, 3.63) is 83.0 Å². The third kappa shape index (κ3) is 4.01. The molecule has 2 aromatic heterocycles. The van der Waals surface area contributed by atoms with E-state index < -0.39 is 11.5 Å². The summed E-state index contributed by atoms with van der Waals surface area (Å²) in [5, 5.41) is 4.53. The van der Waals surface area contributed by atoms with Crippen LogP contribution in [0.1, 0.15) is 5.56 Å². The average molecular weight is 417 g/mol. The highest BCUT2D eigenvalue weighted by Gasteiger charge is 2.12. The molecule has 0 bridgehead atoms. The van der Waals surface area contributed by atoms with E-state index in [9.17, 15) is 9.59 Å². The summed E-state index contributed by atoms with van der Waals surface area (Å²) in [6.07, 6.45) is 5.60. The SMILES string of the molecule is COc1ccc(C=CC(=O)Nn2cnc3c(cnn3-c3ccccc3)c2=O)cc1OC. The zero-order valence-corrected chi connectivity index (χ0v) is 16.9. The van der Waals surface area contributed by atoms with Gasteiger partial charge in [-0.15, -0.1) is 0 Å². The largest absolute Gasteiger partial charge is 0.493 e. The molecule has 9 nitrogen and oxygen atoms in total. The van der Waals surface area contributed by atoms with Gasteiger partial charge in [-0.3, -0.25) is 15.0 Å². The minimum absolute atomic E-state index is 0.288. The fourth-order valence-corrected chi connectivity index (χ4v) is 3.03. The second kappa shape index (κ2) is 8.54. The van der Waals surface area contributed by atoms with E-state index in [1.54, 1.807) is 36.1 Å². The van der Waals surface area contributed by atoms with E-state index in [2.05, 4.69) is 15.5 Å². The summed E-state index contributed by atoms with van der Waals surface area (Å²) in [6, 6.07) is 14.6. The summed E-state index contributed by atoms with van der Waals surface area (Å²) in [5.74, 6) is 0.644. The van der Waals surface area contributed by atoms with Crippen LogP contribution in [0.15, 0.2) is 71.9 Å². The van der Waals surface area contributed by atoms with Crippen molar-refractivity contribution in [1.82, 2.24) is 19.4 Å². The average Bonchev–Trinajstić information content (AvgIpc) is 3.25. The van der Waals surface area contributed by atoms with Crippen molar-refractivity contribution in [3.8, 4) is 17.2 Å². The van der Waals surface area contributed by atoms with Gasteiger partial charge in [0.1, 0.15) is 11.7 Å². The molecule has 0 saturated carbocycles. The lowest BCUT2D eigenvalue weighted by Crippen LogP contribution is -2.32. The number of nitrogens with zero attached hydrogens (tertiary/aromatic N) is 4. The number of benzene rings is 2. The molecule has 0 spiro atoms. The van der Waals surface area contributed by atoms with Crippen molar-refractivity contribution in [3.63, 3.8) is 0 Å². The summed E-state index contributed by atoms with van der Waals surface area (Å²) >= 11 is 0. The standard InChI is InChI=1S/C22H19N5O4/c1-30-18-10-8-15(12-19(18)31-2)9-11-20(28)25-26-14-23-21-17(22(26)29)13-24-27(21)16-6-4-3-5-7-16/h3-14H,1-2H3,(H,25,28). The van der Waals surface area contributed by atoms with E-state index >= 15 is 0 Å². The van der Waals surface area contributed by atoms with Crippen LogP contribution in [0.5, 0.6) is 11.5 Å². The molecule has 0 radical (unpaired) electrons. The Labute approximate surface area is 177 Å². The number of carbonyl (C=O) groups is 1. The van der Waals surface area contributed by atoms with Crippen LogP contribution >= 0.6 is 0 Å². The van der Waals surface area contributed by atoms with Gasteiger partial charge in [0.05, 0.1) is 26.1 Å². The van der Waals surface area contributed by atoms with Crippen molar-refractivity contribution in [2.45, 2.75) is 0 Å². The Kier molecular flexibility index (Phi) is 5.48. The van der Waals surface area contributed by atoms with E-state index in [4.69, 9.17) is 9.47 Å². The summed E-state index contributed by atoms with van der Waals surface area (Å²) in [6.45, 7) is 0. The van der Waals surface area contributed by atoms with E-state index in [1.807, 2.05) is 30.3 Å². The summed E-state index contributed by atoms with van der Waals surface area (Å²) in [5.41, 5.74) is 3.99. The van der Waals surface area contributed by atoms with Crippen LogP contribution in [-0.4, -0.2) is 39.6 Å². The van der Waals surface area contributed by atoms with Crippen molar-refractivity contribution < 1.29 is 14.3 Å². The predicted molar refractivity (Wildman–Crippen MR) is 116 cm³/mol. The van der Waals surface area contributed by atoms with Gasteiger partial charge < -0.3 is 9.47 Å². The van der Waals surface area contributed by atoms with Gasteiger partial charge in [0.2, 0.25) is 0 Å². The molecule has 0 fully saturated rings. The van der Waals surface area contributed by atoms with Crippen LogP contribution in [-0.2, 0) is 4.79 Å². The molecular formula is C22H19N5O4. The third-order valence-electron chi connectivity index (χ3n) is 4.55. The van der Waals surface area contributed by atoms with Crippen molar-refractivity contribution in [2.24, 2.45) is 0 Å². The van der Waals surface area contributed by atoms with E-state index in [1.165, 1.54) is 25.7 Å². The van der Waals surface area contributed by atoms with Gasteiger partial charge in [-0.1, -0.05) is 24.3 Å². The minimum atomic E-state index is -0.492. The Hall–Kier alpha value is -4.40. The van der Waals surface area contributed by atoms with Gasteiger partial charge >= 0.3 is 0 Å². The van der Waals surface area contributed by atoms with Gasteiger partial charge in [-0.2, -0.15) is 5.10 Å². The number of ether oxygens (including phenoxy) is 2. The second-order valence-corrected chi connectivity index (χ2v) is 6.47. The summed E-state index contributed by atoms with van der Waals surface area (Å²) < 4.78 is 13.0. The van der Waals surface area contributed by atoms with Gasteiger partial charge in [0, 0.05) is 6.08 Å². The predicted octanol–water partition coefficient (Wildman–Crippen LogP) is 2.38. The Bertz CT molecular complexity index is 1320. The molecule has 9 heteroatoms. The van der Waals surface area contributed by atoms with E-state index in [-0.39, 0.29) is 5.39 Å². The number of amides is 1. The van der Waals surface area contributed by atoms with Crippen LogP contribution in [0.2, 0.25) is 0 Å². The molecule has 4 rings (SSSR count). The molecule has 4 aromatic rings. The van der Waals surface area contributed by atoms with Gasteiger partial charge in [0.25, 0.3) is 11.5 Å². The molecule has 0 saturated heterocycles. The topological polar surface area (TPSA) is 100 Å². The number of carbonyl (C=O) groups excluding carboxylic acids is 1. The van der Waals surface area contributed by atoms with E-state index in [0.29, 0.717) is 17.1 Å². The Morgan fingerprint density at radius 1 is 1.06 bits per heavy atom. The molecule has 156 valence electrons. The highest BCUT2D eigenvalue weighted by Crippen LogP contribution is 2.27. The van der Waals surface area contributed by atoms with Crippen LogP contribution in [0, 0.1) is 0 Å². The van der Waals surface area contributed by atoms with Gasteiger partial charge in [0.15, 0.2) is 17.1 Å². The highest BCUT2D eigenvalue weighted by molar-refractivity contribution is 5.97. The lowest BCUT2D eigenvalue weighted by molar-refractivity contribution is -0.112. The Morgan fingerprint density at radius 2 is 1.84 bits per heavy atom. The van der Waals surface area contributed by atoms with Gasteiger partial charge in [-0.25, -0.2) is 14.3 Å². The number of nitrogens with one attached hydrogen (secondary N) is 1. The third-order valence-corrected chi connectivity index (χ3v) is 4.55. The summed E-state index contributed by atoms with van der Waals surface area (Å²) in [4.78, 5) is 29.3. The van der Waals surface area contributed by atoms with Crippen LogP contribution in [0.4, 0.5) is 0 Å². The molecule has 1 N–H and O–H groups in total. The highest BCUT2D eigenvalue weighted by atomic mass is 16.5. The maximum atomic E-state index is 12.7. The lowest BCUT2D eigenvalue weighted by Gasteiger charge is -2.08. The fourth-order valence-electron chi connectivity index (χ4n) is 3.03. The summed E-state index contributed by atoms with van der Waals surface area (Å²) in [7, 11) is 3.08. The van der Waals surface area contributed by atoms with Crippen LogP contribution in [0.25, 0.3) is 22.8 Å². The molecule has 2 aromatic carbocycles. The minimum Gasteiger partial charge on any atom is -0.493 e. The maximum absolute atomic E-state index is 12.7. The number of methoxy groups -OCH3 is 2. The molecule has 31 heavy (non-hydrogen) atoms. The van der Waals surface area contributed by atoms with Crippen molar-refractivity contribution in [2.75, 3.05) is 19.6 Å².